The molecule has 0 unspecified atom stereocenters. The number of rotatable bonds is 5. The Morgan fingerprint density at radius 1 is 0.270 bits per heavy atom. The fourth-order valence-corrected chi connectivity index (χ4v) is 10.8. The number of benzene rings is 11. The van der Waals surface area contributed by atoms with Crippen LogP contribution in [0.3, 0.4) is 0 Å². The average molecular weight is 802 g/mol. The zero-order chi connectivity index (χ0) is 41.5. The molecule has 1 spiro atoms. The molecule has 0 aromatic heterocycles. The topological polar surface area (TPSA) is 12.5 Å². The summed E-state index contributed by atoms with van der Waals surface area (Å²) in [5.74, 6) is 1.79. The Balaban J connectivity index is 0.918. The SMILES string of the molecule is c1ccc(N(c2ccc(-c3ccc4c5ccccc5c5ccccc5c4c3)cc2)c2cccc(-c3ccc4c(c3)C3(c5ccccc5O4)c4ccccc4-c4ccccc43)c2)cc1. The molecule has 0 radical (unpaired) electrons. The van der Waals surface area contributed by atoms with Gasteiger partial charge in [-0.1, -0.05) is 176 Å². The molecule has 0 saturated carbocycles. The number of hydrogen-bond acceptors (Lipinski definition) is 2. The molecule has 2 nitrogen and oxygen atoms in total. The van der Waals surface area contributed by atoms with Crippen LogP contribution in [-0.2, 0) is 5.41 Å². The zero-order valence-corrected chi connectivity index (χ0v) is 34.4. The molecule has 63 heavy (non-hydrogen) atoms. The van der Waals surface area contributed by atoms with Crippen molar-refractivity contribution < 1.29 is 4.74 Å². The van der Waals surface area contributed by atoms with E-state index >= 15 is 0 Å². The van der Waals surface area contributed by atoms with Gasteiger partial charge in [-0.15, -0.1) is 0 Å². The Hall–Kier alpha value is -8.20. The number of fused-ring (bicyclic) bond motifs is 15. The molecule has 1 aliphatic carbocycles. The van der Waals surface area contributed by atoms with E-state index in [0.29, 0.717) is 0 Å². The summed E-state index contributed by atoms with van der Waals surface area (Å²) in [7, 11) is 0. The van der Waals surface area contributed by atoms with Crippen molar-refractivity contribution in [3.8, 4) is 44.9 Å². The minimum absolute atomic E-state index is 0.519. The molecular weight excluding hydrogens is 763 g/mol. The summed E-state index contributed by atoms with van der Waals surface area (Å²) in [5, 5.41) is 7.71. The Labute approximate surface area is 366 Å². The highest BCUT2D eigenvalue weighted by molar-refractivity contribution is 6.25. The van der Waals surface area contributed by atoms with Gasteiger partial charge in [0, 0.05) is 28.2 Å². The summed E-state index contributed by atoms with van der Waals surface area (Å²) >= 11 is 0. The summed E-state index contributed by atoms with van der Waals surface area (Å²) in [6.45, 7) is 0. The maximum Gasteiger partial charge on any atom is 0.132 e. The Morgan fingerprint density at radius 2 is 0.746 bits per heavy atom. The summed E-state index contributed by atoms with van der Waals surface area (Å²) < 4.78 is 6.75. The lowest BCUT2D eigenvalue weighted by atomic mass is 9.66. The van der Waals surface area contributed by atoms with E-state index in [4.69, 9.17) is 4.74 Å². The van der Waals surface area contributed by atoms with Crippen LogP contribution in [-0.4, -0.2) is 0 Å². The number of hydrogen-bond donors (Lipinski definition) is 0. The third kappa shape index (κ3) is 5.32. The maximum atomic E-state index is 6.75. The molecule has 11 aromatic carbocycles. The Bertz CT molecular complexity index is 3530. The number of nitrogens with zero attached hydrogens (tertiary/aromatic N) is 1. The van der Waals surface area contributed by atoms with Crippen molar-refractivity contribution in [1.82, 2.24) is 0 Å². The second-order valence-corrected chi connectivity index (χ2v) is 16.8. The van der Waals surface area contributed by atoms with Gasteiger partial charge in [-0.2, -0.15) is 0 Å². The van der Waals surface area contributed by atoms with Gasteiger partial charge in [0.25, 0.3) is 0 Å². The predicted octanol–water partition coefficient (Wildman–Crippen LogP) is 16.4. The lowest BCUT2D eigenvalue weighted by molar-refractivity contribution is 0.436. The van der Waals surface area contributed by atoms with Crippen LogP contribution < -0.4 is 9.64 Å². The normalized spacial score (nSPS) is 13.0. The minimum Gasteiger partial charge on any atom is -0.457 e. The fourth-order valence-electron chi connectivity index (χ4n) is 10.8. The monoisotopic (exact) mass is 801 g/mol. The van der Waals surface area contributed by atoms with E-state index in [2.05, 4.69) is 241 Å². The van der Waals surface area contributed by atoms with Crippen LogP contribution in [0.4, 0.5) is 17.1 Å². The summed E-state index contributed by atoms with van der Waals surface area (Å²) in [6.07, 6.45) is 0. The van der Waals surface area contributed by atoms with Crippen LogP contribution in [0.2, 0.25) is 0 Å². The predicted molar refractivity (Wildman–Crippen MR) is 262 cm³/mol. The van der Waals surface area contributed by atoms with Crippen molar-refractivity contribution in [2.24, 2.45) is 0 Å². The van der Waals surface area contributed by atoms with E-state index in [9.17, 15) is 0 Å². The van der Waals surface area contributed by atoms with Gasteiger partial charge < -0.3 is 9.64 Å². The summed E-state index contributed by atoms with van der Waals surface area (Å²) in [6, 6.07) is 86.3. The molecule has 0 fully saturated rings. The molecule has 0 amide bonds. The molecule has 2 aliphatic rings. The number of anilines is 3. The third-order valence-corrected chi connectivity index (χ3v) is 13.5. The molecular formula is C61H39NO. The van der Waals surface area contributed by atoms with Crippen molar-refractivity contribution in [2.75, 3.05) is 4.90 Å². The highest BCUT2D eigenvalue weighted by atomic mass is 16.5. The third-order valence-electron chi connectivity index (χ3n) is 13.5. The largest absolute Gasteiger partial charge is 0.457 e. The van der Waals surface area contributed by atoms with Gasteiger partial charge >= 0.3 is 0 Å². The summed E-state index contributed by atoms with van der Waals surface area (Å²) in [5.41, 5.74) is 14.9. The van der Waals surface area contributed by atoms with Crippen LogP contribution in [0.1, 0.15) is 22.3 Å². The Morgan fingerprint density at radius 3 is 1.44 bits per heavy atom. The van der Waals surface area contributed by atoms with Gasteiger partial charge in [0.05, 0.1) is 5.41 Å². The van der Waals surface area contributed by atoms with Gasteiger partial charge in [0.2, 0.25) is 0 Å². The molecule has 13 rings (SSSR count). The highest BCUT2D eigenvalue weighted by Gasteiger charge is 2.51. The van der Waals surface area contributed by atoms with Crippen molar-refractivity contribution in [1.29, 1.82) is 0 Å². The molecule has 0 saturated heterocycles. The van der Waals surface area contributed by atoms with Crippen LogP contribution in [0, 0.1) is 0 Å². The molecule has 294 valence electrons. The molecule has 1 aliphatic heterocycles. The van der Waals surface area contributed by atoms with Crippen molar-refractivity contribution >= 4 is 49.4 Å². The highest BCUT2D eigenvalue weighted by Crippen LogP contribution is 2.62. The molecule has 0 bridgehead atoms. The fraction of sp³-hybridized carbons (Fsp3) is 0.0164. The van der Waals surface area contributed by atoms with Crippen LogP contribution in [0.5, 0.6) is 11.5 Å². The van der Waals surface area contributed by atoms with E-state index in [1.54, 1.807) is 0 Å². The van der Waals surface area contributed by atoms with Gasteiger partial charge in [-0.25, -0.2) is 0 Å². The number of ether oxygens (including phenoxy) is 1. The maximum absolute atomic E-state index is 6.75. The van der Waals surface area contributed by atoms with Crippen molar-refractivity contribution in [3.05, 3.63) is 259 Å². The van der Waals surface area contributed by atoms with Gasteiger partial charge in [0.15, 0.2) is 0 Å². The lowest BCUT2D eigenvalue weighted by Gasteiger charge is -2.39. The lowest BCUT2D eigenvalue weighted by Crippen LogP contribution is -2.32. The quantitative estimate of drug-likeness (QED) is 0.161. The first-order chi connectivity index (χ1) is 31.2. The standard InChI is InChI=1S/C61H39NO/c1-2-16-44(17-3-1)62(45-33-29-40(30-34-45)42-31-35-51-49-21-5-4-19-47(49)48-20-6-7-22-50(48)54(51)38-42)46-18-14-15-41(37-46)43-32-36-60-58(39-43)61(57-27-12-13-28-59(57)63-60)55-25-10-8-23-52(55)53-24-9-11-26-56(53)61/h1-39H. The van der Waals surface area contributed by atoms with E-state index in [-0.39, 0.29) is 0 Å². The first kappa shape index (κ1) is 35.5. The van der Waals surface area contributed by atoms with E-state index in [0.717, 1.165) is 45.3 Å². The van der Waals surface area contributed by atoms with E-state index in [1.807, 2.05) is 0 Å². The first-order valence-corrected chi connectivity index (χ1v) is 21.7. The first-order valence-electron chi connectivity index (χ1n) is 21.7. The van der Waals surface area contributed by atoms with Crippen LogP contribution in [0.25, 0.3) is 65.7 Å². The van der Waals surface area contributed by atoms with E-state index in [1.165, 1.54) is 71.3 Å². The molecule has 1 heterocycles. The number of para-hydroxylation sites is 2. The van der Waals surface area contributed by atoms with Gasteiger partial charge in [0.1, 0.15) is 11.5 Å². The second-order valence-electron chi connectivity index (χ2n) is 16.8. The molecule has 11 aromatic rings. The van der Waals surface area contributed by atoms with Crippen molar-refractivity contribution in [2.45, 2.75) is 5.41 Å². The second kappa shape index (κ2) is 13.9. The minimum atomic E-state index is -0.519. The molecule has 0 N–H and O–H groups in total. The summed E-state index contributed by atoms with van der Waals surface area (Å²) in [4.78, 5) is 2.36. The smallest absolute Gasteiger partial charge is 0.132 e. The van der Waals surface area contributed by atoms with Crippen LogP contribution >= 0.6 is 0 Å². The van der Waals surface area contributed by atoms with Crippen LogP contribution in [0.15, 0.2) is 237 Å². The van der Waals surface area contributed by atoms with Crippen molar-refractivity contribution in [3.63, 3.8) is 0 Å². The van der Waals surface area contributed by atoms with Gasteiger partial charge in [-0.05, 0) is 137 Å². The molecule has 0 atom stereocenters. The zero-order valence-electron chi connectivity index (χ0n) is 34.4. The molecule has 2 heteroatoms. The Kier molecular flexibility index (Phi) is 7.85. The van der Waals surface area contributed by atoms with E-state index < -0.39 is 5.41 Å². The van der Waals surface area contributed by atoms with Gasteiger partial charge in [-0.3, -0.25) is 0 Å². The average Bonchev–Trinajstić information content (AvgIpc) is 3.65.